The number of anilines is 2. The third-order valence-electron chi connectivity index (χ3n) is 4.26. The van der Waals surface area contributed by atoms with E-state index < -0.39 is 4.92 Å². The SMILES string of the molecule is O=C(Nc1cccc(CNc2nc3ccccn3c2[N+](=O)[O-])c1)c1ccncc1. The molecule has 0 unspecified atom stereocenters. The molecule has 0 aliphatic heterocycles. The number of benzene rings is 1. The van der Waals surface area contributed by atoms with Crippen molar-refractivity contribution in [2.45, 2.75) is 6.54 Å². The zero-order chi connectivity index (χ0) is 20.2. The number of amides is 1. The number of aromatic nitrogens is 3. The molecule has 0 aliphatic carbocycles. The lowest BCUT2D eigenvalue weighted by Crippen LogP contribution is -2.12. The van der Waals surface area contributed by atoms with Gasteiger partial charge in [0.2, 0.25) is 11.5 Å². The van der Waals surface area contributed by atoms with E-state index in [0.29, 0.717) is 23.4 Å². The monoisotopic (exact) mass is 388 g/mol. The second-order valence-electron chi connectivity index (χ2n) is 6.21. The fourth-order valence-electron chi connectivity index (χ4n) is 2.93. The molecule has 9 heteroatoms. The van der Waals surface area contributed by atoms with E-state index in [1.807, 2.05) is 6.07 Å². The van der Waals surface area contributed by atoms with Crippen molar-refractivity contribution < 1.29 is 9.72 Å². The molecular weight excluding hydrogens is 372 g/mol. The summed E-state index contributed by atoms with van der Waals surface area (Å²) in [6, 6.07) is 15.7. The number of imidazole rings is 1. The van der Waals surface area contributed by atoms with Gasteiger partial charge in [0, 0.05) is 36.3 Å². The molecule has 0 radical (unpaired) electrons. The van der Waals surface area contributed by atoms with E-state index in [-0.39, 0.29) is 17.5 Å². The number of fused-ring (bicyclic) bond motifs is 1. The molecule has 0 saturated heterocycles. The second-order valence-corrected chi connectivity index (χ2v) is 6.21. The first-order chi connectivity index (χ1) is 14.1. The number of hydrogen-bond acceptors (Lipinski definition) is 6. The second kappa shape index (κ2) is 7.77. The van der Waals surface area contributed by atoms with Crippen LogP contribution in [-0.4, -0.2) is 25.2 Å². The lowest BCUT2D eigenvalue weighted by molar-refractivity contribution is -0.389. The Morgan fingerprint density at radius 3 is 2.72 bits per heavy atom. The van der Waals surface area contributed by atoms with Gasteiger partial charge in [-0.2, -0.15) is 9.38 Å². The normalized spacial score (nSPS) is 10.6. The summed E-state index contributed by atoms with van der Waals surface area (Å²) >= 11 is 0. The maximum absolute atomic E-state index is 12.3. The van der Waals surface area contributed by atoms with Gasteiger partial charge in [0.1, 0.15) is 0 Å². The van der Waals surface area contributed by atoms with E-state index in [1.165, 1.54) is 4.40 Å². The number of nitrogens with one attached hydrogen (secondary N) is 2. The smallest absolute Gasteiger partial charge is 0.359 e. The molecule has 1 aromatic carbocycles. The summed E-state index contributed by atoms with van der Waals surface area (Å²) in [5.74, 6) is -0.177. The number of rotatable bonds is 6. The summed E-state index contributed by atoms with van der Waals surface area (Å²) in [5, 5.41) is 17.3. The first-order valence-corrected chi connectivity index (χ1v) is 8.77. The first-order valence-electron chi connectivity index (χ1n) is 8.77. The summed E-state index contributed by atoms with van der Waals surface area (Å²) in [6.07, 6.45) is 4.70. The number of pyridine rings is 2. The van der Waals surface area contributed by atoms with Crippen LogP contribution in [0.5, 0.6) is 0 Å². The van der Waals surface area contributed by atoms with Crippen molar-refractivity contribution in [1.82, 2.24) is 14.4 Å². The molecule has 0 aliphatic rings. The Morgan fingerprint density at radius 2 is 1.93 bits per heavy atom. The van der Waals surface area contributed by atoms with Crippen molar-refractivity contribution in [1.29, 1.82) is 0 Å². The quantitative estimate of drug-likeness (QED) is 0.386. The highest BCUT2D eigenvalue weighted by Gasteiger charge is 2.21. The summed E-state index contributed by atoms with van der Waals surface area (Å²) in [6.45, 7) is 0.309. The van der Waals surface area contributed by atoms with E-state index in [0.717, 1.165) is 5.56 Å². The van der Waals surface area contributed by atoms with Gasteiger partial charge in [-0.3, -0.25) is 9.78 Å². The minimum absolute atomic E-state index is 0.122. The molecule has 4 aromatic rings. The van der Waals surface area contributed by atoms with Gasteiger partial charge in [-0.15, -0.1) is 0 Å². The Morgan fingerprint density at radius 1 is 1.10 bits per heavy atom. The van der Waals surface area contributed by atoms with E-state index in [4.69, 9.17) is 0 Å². The van der Waals surface area contributed by atoms with Gasteiger partial charge in [0.25, 0.3) is 5.91 Å². The highest BCUT2D eigenvalue weighted by molar-refractivity contribution is 6.04. The Labute approximate surface area is 165 Å². The summed E-state index contributed by atoms with van der Waals surface area (Å²) < 4.78 is 1.42. The highest BCUT2D eigenvalue weighted by Crippen LogP contribution is 2.26. The maximum Gasteiger partial charge on any atom is 0.372 e. The average Bonchev–Trinajstić information content (AvgIpc) is 3.12. The van der Waals surface area contributed by atoms with Crippen molar-refractivity contribution in [2.24, 2.45) is 0 Å². The fourth-order valence-corrected chi connectivity index (χ4v) is 2.93. The predicted molar refractivity (Wildman–Crippen MR) is 108 cm³/mol. The number of carbonyl (C=O) groups is 1. The van der Waals surface area contributed by atoms with Gasteiger partial charge < -0.3 is 20.7 Å². The minimum atomic E-state index is -0.465. The molecule has 1 amide bonds. The molecule has 9 nitrogen and oxygen atoms in total. The maximum atomic E-state index is 12.3. The van der Waals surface area contributed by atoms with Crippen LogP contribution in [0.2, 0.25) is 0 Å². The Hall–Kier alpha value is -4.27. The van der Waals surface area contributed by atoms with Crippen LogP contribution >= 0.6 is 0 Å². The predicted octanol–water partition coefficient (Wildman–Crippen LogP) is 3.50. The molecule has 3 aromatic heterocycles. The standard InChI is InChI=1S/C20H16N6O3/c27-19(15-7-9-21-10-8-15)23-16-5-3-4-14(12-16)13-22-18-20(26(28)29)25-11-2-1-6-17(25)24-18/h1-12,22H,13H2,(H,23,27). The largest absolute Gasteiger partial charge is 0.372 e. The van der Waals surface area contributed by atoms with E-state index in [2.05, 4.69) is 20.6 Å². The zero-order valence-corrected chi connectivity index (χ0v) is 15.1. The number of nitrogens with zero attached hydrogens (tertiary/aromatic N) is 4. The van der Waals surface area contributed by atoms with Crippen molar-refractivity contribution in [2.75, 3.05) is 10.6 Å². The Balaban J connectivity index is 1.51. The van der Waals surface area contributed by atoms with Crippen molar-refractivity contribution in [3.05, 3.63) is 94.4 Å². The number of hydrogen-bond donors (Lipinski definition) is 2. The van der Waals surface area contributed by atoms with E-state index in [1.54, 1.807) is 67.1 Å². The van der Waals surface area contributed by atoms with Gasteiger partial charge in [-0.25, -0.2) is 0 Å². The zero-order valence-electron chi connectivity index (χ0n) is 15.1. The van der Waals surface area contributed by atoms with Crippen LogP contribution in [0.3, 0.4) is 0 Å². The molecule has 144 valence electrons. The molecule has 3 heterocycles. The van der Waals surface area contributed by atoms with Gasteiger partial charge in [0.15, 0.2) is 0 Å². The minimum Gasteiger partial charge on any atom is -0.359 e. The lowest BCUT2D eigenvalue weighted by Gasteiger charge is -2.08. The van der Waals surface area contributed by atoms with Crippen molar-refractivity contribution >= 4 is 28.9 Å². The van der Waals surface area contributed by atoms with Crippen LogP contribution in [0, 0.1) is 10.1 Å². The number of carbonyl (C=O) groups excluding carboxylic acids is 1. The number of nitro groups is 1. The molecule has 2 N–H and O–H groups in total. The van der Waals surface area contributed by atoms with Crippen LogP contribution in [-0.2, 0) is 6.54 Å². The highest BCUT2D eigenvalue weighted by atomic mass is 16.6. The summed E-state index contributed by atoms with van der Waals surface area (Å²) in [4.78, 5) is 31.5. The van der Waals surface area contributed by atoms with Crippen LogP contribution in [0.25, 0.3) is 5.65 Å². The van der Waals surface area contributed by atoms with E-state index >= 15 is 0 Å². The van der Waals surface area contributed by atoms with Gasteiger partial charge >= 0.3 is 5.82 Å². The van der Waals surface area contributed by atoms with Crippen LogP contribution in [0.1, 0.15) is 15.9 Å². The Kier molecular flexibility index (Phi) is 4.85. The third kappa shape index (κ3) is 3.88. The van der Waals surface area contributed by atoms with Gasteiger partial charge in [-0.1, -0.05) is 18.2 Å². The third-order valence-corrected chi connectivity index (χ3v) is 4.26. The average molecular weight is 388 g/mol. The summed E-state index contributed by atoms with van der Waals surface area (Å²) in [5.41, 5.74) is 2.45. The van der Waals surface area contributed by atoms with Crippen molar-refractivity contribution in [3.8, 4) is 0 Å². The van der Waals surface area contributed by atoms with Crippen molar-refractivity contribution in [3.63, 3.8) is 0 Å². The van der Waals surface area contributed by atoms with Gasteiger partial charge in [-0.05, 0) is 40.8 Å². The molecule has 0 saturated carbocycles. The first kappa shape index (κ1) is 18.1. The summed E-state index contributed by atoms with van der Waals surface area (Å²) in [7, 11) is 0. The molecule has 0 fully saturated rings. The van der Waals surface area contributed by atoms with Crippen LogP contribution in [0.15, 0.2) is 73.2 Å². The molecule has 0 atom stereocenters. The molecule has 0 spiro atoms. The Bertz CT molecular complexity index is 1190. The molecular formula is C20H16N6O3. The lowest BCUT2D eigenvalue weighted by atomic mass is 10.2. The van der Waals surface area contributed by atoms with E-state index in [9.17, 15) is 14.9 Å². The molecule has 29 heavy (non-hydrogen) atoms. The topological polar surface area (TPSA) is 114 Å². The van der Waals surface area contributed by atoms with Crippen LogP contribution < -0.4 is 10.6 Å². The molecule has 0 bridgehead atoms. The molecule has 4 rings (SSSR count). The van der Waals surface area contributed by atoms with Crippen LogP contribution in [0.4, 0.5) is 17.3 Å². The van der Waals surface area contributed by atoms with Gasteiger partial charge in [0.05, 0.1) is 6.20 Å². The fraction of sp³-hybridized carbons (Fsp3) is 0.0500.